The monoisotopic (exact) mass is 518 g/mol. The van der Waals surface area contributed by atoms with Crippen molar-refractivity contribution in [1.82, 2.24) is 10.0 Å². The van der Waals surface area contributed by atoms with Crippen molar-refractivity contribution < 1.29 is 4.79 Å². The molecule has 1 aliphatic rings. The highest BCUT2D eigenvalue weighted by molar-refractivity contribution is 7.97. The van der Waals surface area contributed by atoms with Crippen LogP contribution in [0.4, 0.5) is 0 Å². The Labute approximate surface area is 229 Å². The Morgan fingerprint density at radius 1 is 0.892 bits per heavy atom. The maximum atomic E-state index is 12.9. The summed E-state index contributed by atoms with van der Waals surface area (Å²) < 4.78 is 3.64. The SMILES string of the molecule is CC(C)c1cc(C(C)C)c(SNCC(NC(=O)CCCC2=CCC=CC2)c2ccccc2)c(C(C)C)c1. The van der Waals surface area contributed by atoms with Crippen LogP contribution in [0.3, 0.4) is 0 Å². The molecule has 4 heteroatoms. The van der Waals surface area contributed by atoms with Crippen LogP contribution in [0.15, 0.2) is 71.2 Å². The molecule has 1 unspecified atom stereocenters. The third kappa shape index (κ3) is 8.90. The molecule has 37 heavy (non-hydrogen) atoms. The van der Waals surface area contributed by atoms with Crippen molar-refractivity contribution in [2.45, 2.75) is 102 Å². The highest BCUT2D eigenvalue weighted by Crippen LogP contribution is 2.37. The van der Waals surface area contributed by atoms with Crippen LogP contribution < -0.4 is 10.0 Å². The molecule has 2 aromatic rings. The first kappa shape index (κ1) is 29.3. The minimum absolute atomic E-state index is 0.0713. The van der Waals surface area contributed by atoms with Gasteiger partial charge in [0, 0.05) is 17.9 Å². The second kappa shape index (κ2) is 14.6. The number of benzene rings is 2. The first-order valence-corrected chi connectivity index (χ1v) is 14.8. The largest absolute Gasteiger partial charge is 0.348 e. The summed E-state index contributed by atoms with van der Waals surface area (Å²) in [7, 11) is 0. The first-order chi connectivity index (χ1) is 17.8. The molecule has 1 amide bonds. The number of nitrogens with one attached hydrogen (secondary N) is 2. The molecule has 1 aliphatic carbocycles. The molecule has 2 aromatic carbocycles. The van der Waals surface area contributed by atoms with E-state index in [2.05, 4.69) is 94.1 Å². The summed E-state index contributed by atoms with van der Waals surface area (Å²) in [6, 6.07) is 15.0. The van der Waals surface area contributed by atoms with E-state index in [1.807, 2.05) is 18.2 Å². The van der Waals surface area contributed by atoms with Gasteiger partial charge in [-0.1, -0.05) is 108 Å². The van der Waals surface area contributed by atoms with Gasteiger partial charge in [0.2, 0.25) is 5.91 Å². The fourth-order valence-corrected chi connectivity index (χ4v) is 5.96. The maximum Gasteiger partial charge on any atom is 0.220 e. The predicted molar refractivity (Wildman–Crippen MR) is 160 cm³/mol. The molecule has 0 saturated carbocycles. The Balaban J connectivity index is 1.68. The molecule has 1 atom stereocenters. The van der Waals surface area contributed by atoms with Gasteiger partial charge in [-0.2, -0.15) is 0 Å². The second-order valence-electron chi connectivity index (χ2n) is 11.1. The summed E-state index contributed by atoms with van der Waals surface area (Å²) in [4.78, 5) is 14.2. The lowest BCUT2D eigenvalue weighted by atomic mass is 9.89. The van der Waals surface area contributed by atoms with Gasteiger partial charge in [-0.25, -0.2) is 0 Å². The minimum Gasteiger partial charge on any atom is -0.348 e. The summed E-state index contributed by atoms with van der Waals surface area (Å²) in [5, 5.41) is 3.31. The fraction of sp³-hybridized carbons (Fsp3) is 0.485. The van der Waals surface area contributed by atoms with Gasteiger partial charge in [0.15, 0.2) is 0 Å². The van der Waals surface area contributed by atoms with Crippen molar-refractivity contribution in [3.05, 3.63) is 88.5 Å². The Bertz CT molecular complexity index is 1040. The zero-order valence-corrected chi connectivity index (χ0v) is 24.5. The minimum atomic E-state index is -0.0713. The summed E-state index contributed by atoms with van der Waals surface area (Å²) in [5.41, 5.74) is 6.80. The van der Waals surface area contributed by atoms with Gasteiger partial charge in [-0.3, -0.25) is 9.52 Å². The van der Waals surface area contributed by atoms with Crippen LogP contribution in [0.5, 0.6) is 0 Å². The van der Waals surface area contributed by atoms with Crippen molar-refractivity contribution in [3.63, 3.8) is 0 Å². The first-order valence-electron chi connectivity index (χ1n) is 14.0. The van der Waals surface area contributed by atoms with Crippen LogP contribution in [0.25, 0.3) is 0 Å². The molecule has 0 spiro atoms. The number of hydrogen-bond acceptors (Lipinski definition) is 3. The Kier molecular flexibility index (Phi) is 11.5. The lowest BCUT2D eigenvalue weighted by Gasteiger charge is -2.24. The molecule has 2 N–H and O–H groups in total. The lowest BCUT2D eigenvalue weighted by Crippen LogP contribution is -2.34. The van der Waals surface area contributed by atoms with E-state index in [-0.39, 0.29) is 11.9 Å². The number of rotatable bonds is 13. The molecule has 200 valence electrons. The summed E-state index contributed by atoms with van der Waals surface area (Å²) in [6.07, 6.45) is 11.3. The van der Waals surface area contributed by atoms with Crippen LogP contribution in [-0.4, -0.2) is 12.5 Å². The topological polar surface area (TPSA) is 41.1 Å². The third-order valence-corrected chi connectivity index (χ3v) is 8.06. The molecule has 0 bridgehead atoms. The average Bonchev–Trinajstić information content (AvgIpc) is 2.88. The summed E-state index contributed by atoms with van der Waals surface area (Å²) in [5.74, 6) is 1.52. The molecule has 3 nitrogen and oxygen atoms in total. The van der Waals surface area contributed by atoms with Crippen molar-refractivity contribution in [1.29, 1.82) is 0 Å². The molecular formula is C33H46N2OS. The van der Waals surface area contributed by atoms with Crippen LogP contribution in [-0.2, 0) is 4.79 Å². The Hall–Kier alpha value is -2.30. The van der Waals surface area contributed by atoms with E-state index in [1.54, 1.807) is 11.9 Å². The predicted octanol–water partition coefficient (Wildman–Crippen LogP) is 8.96. The normalized spacial score (nSPS) is 14.4. The molecule has 0 radical (unpaired) electrons. The average molecular weight is 519 g/mol. The Morgan fingerprint density at radius 2 is 1.57 bits per heavy atom. The lowest BCUT2D eigenvalue weighted by molar-refractivity contribution is -0.121. The highest BCUT2D eigenvalue weighted by Gasteiger charge is 2.19. The van der Waals surface area contributed by atoms with E-state index in [0.717, 1.165) is 31.2 Å². The van der Waals surface area contributed by atoms with Gasteiger partial charge in [0.1, 0.15) is 0 Å². The smallest absolute Gasteiger partial charge is 0.220 e. The molecule has 0 aliphatic heterocycles. The van der Waals surface area contributed by atoms with Crippen LogP contribution >= 0.6 is 11.9 Å². The molecular weight excluding hydrogens is 472 g/mol. The van der Waals surface area contributed by atoms with Crippen LogP contribution in [0, 0.1) is 0 Å². The molecule has 0 fully saturated rings. The van der Waals surface area contributed by atoms with Crippen molar-refractivity contribution in [3.8, 4) is 0 Å². The fourth-order valence-electron chi connectivity index (χ4n) is 4.74. The standard InChI is InChI=1S/C33H46N2OS/c1-23(2)28-20-29(24(3)4)33(30(21-28)25(5)6)37-34-22-31(27-17-11-8-12-18-27)35-32(36)19-13-16-26-14-9-7-10-15-26/h7-9,11-12,15,17-18,20-21,23-25,31,34H,10,13-14,16,19,22H2,1-6H3,(H,35,36). The van der Waals surface area contributed by atoms with Gasteiger partial charge < -0.3 is 5.32 Å². The van der Waals surface area contributed by atoms with Crippen LogP contribution in [0.2, 0.25) is 0 Å². The van der Waals surface area contributed by atoms with Gasteiger partial charge in [0.05, 0.1) is 6.04 Å². The molecule has 0 heterocycles. The van der Waals surface area contributed by atoms with E-state index >= 15 is 0 Å². The third-order valence-electron chi connectivity index (χ3n) is 7.07. The molecule has 3 rings (SSSR count). The maximum absolute atomic E-state index is 12.9. The van der Waals surface area contributed by atoms with E-state index in [9.17, 15) is 4.79 Å². The zero-order chi connectivity index (χ0) is 26.8. The highest BCUT2D eigenvalue weighted by atomic mass is 32.2. The van der Waals surface area contributed by atoms with Crippen LogP contribution in [0.1, 0.15) is 120 Å². The van der Waals surface area contributed by atoms with E-state index < -0.39 is 0 Å². The number of carbonyl (C=O) groups excluding carboxylic acids is 1. The van der Waals surface area contributed by atoms with Gasteiger partial charge in [-0.05, 0) is 77.6 Å². The van der Waals surface area contributed by atoms with E-state index in [0.29, 0.717) is 30.7 Å². The number of allylic oxidation sites excluding steroid dienone is 4. The number of carbonyl (C=O) groups is 1. The summed E-state index contributed by atoms with van der Waals surface area (Å²) in [6.45, 7) is 14.3. The Morgan fingerprint density at radius 3 is 2.14 bits per heavy atom. The van der Waals surface area contributed by atoms with Crippen molar-refractivity contribution >= 4 is 17.9 Å². The van der Waals surface area contributed by atoms with Gasteiger partial charge in [0.25, 0.3) is 0 Å². The quantitative estimate of drug-likeness (QED) is 0.205. The van der Waals surface area contributed by atoms with E-state index in [1.165, 1.54) is 27.2 Å². The van der Waals surface area contributed by atoms with Crippen molar-refractivity contribution in [2.75, 3.05) is 6.54 Å². The zero-order valence-electron chi connectivity index (χ0n) is 23.6. The molecule has 0 aromatic heterocycles. The number of hydrogen-bond donors (Lipinski definition) is 2. The summed E-state index contributed by atoms with van der Waals surface area (Å²) >= 11 is 1.72. The van der Waals surface area contributed by atoms with Crippen molar-refractivity contribution in [2.24, 2.45) is 0 Å². The van der Waals surface area contributed by atoms with Gasteiger partial charge in [-0.15, -0.1) is 0 Å². The van der Waals surface area contributed by atoms with E-state index in [4.69, 9.17) is 0 Å². The second-order valence-corrected chi connectivity index (χ2v) is 12.0. The molecule has 0 saturated heterocycles. The number of amides is 1. The van der Waals surface area contributed by atoms with Gasteiger partial charge >= 0.3 is 0 Å².